The van der Waals surface area contributed by atoms with Gasteiger partial charge < -0.3 is 4.74 Å². The molecule has 0 atom stereocenters. The van der Waals surface area contributed by atoms with Gasteiger partial charge in [-0.2, -0.15) is 8.42 Å². The van der Waals surface area contributed by atoms with Crippen LogP contribution in [-0.2, 0) is 19.6 Å². The van der Waals surface area contributed by atoms with Gasteiger partial charge in [-0.15, -0.1) is 4.40 Å². The molecule has 9 heteroatoms. The number of methoxy groups -OCH3 is 1. The van der Waals surface area contributed by atoms with E-state index >= 15 is 0 Å². The van der Waals surface area contributed by atoms with E-state index in [9.17, 15) is 17.6 Å². The number of carbonyl (C=O) groups is 1. The quantitative estimate of drug-likeness (QED) is 0.492. The Bertz CT molecular complexity index is 1050. The van der Waals surface area contributed by atoms with Gasteiger partial charge in [0.1, 0.15) is 5.82 Å². The molecule has 0 saturated carbocycles. The Hall–Kier alpha value is -2.49. The average Bonchev–Trinajstić information content (AvgIpc) is 2.99. The molecule has 0 bridgehead atoms. The van der Waals surface area contributed by atoms with Crippen LogP contribution in [0.3, 0.4) is 0 Å². The Balaban J connectivity index is 1.97. The van der Waals surface area contributed by atoms with Gasteiger partial charge in [0.05, 0.1) is 9.80 Å². The molecule has 1 heterocycles. The average molecular weight is 435 g/mol. The largest absolute Gasteiger partial charge is 0.385 e. The number of halogens is 1. The van der Waals surface area contributed by atoms with Crippen molar-refractivity contribution >= 4 is 38.9 Å². The van der Waals surface area contributed by atoms with Crippen LogP contribution in [-0.4, -0.2) is 44.7 Å². The summed E-state index contributed by atoms with van der Waals surface area (Å²) in [4.78, 5) is 14.4. The lowest BCUT2D eigenvalue weighted by molar-refractivity contribution is -0.122. The zero-order chi connectivity index (χ0) is 20.9. The van der Waals surface area contributed by atoms with Crippen molar-refractivity contribution in [3.8, 4) is 0 Å². The molecule has 6 nitrogen and oxygen atoms in total. The number of hydrogen-bond donors (Lipinski definition) is 0. The Kier molecular flexibility index (Phi) is 6.83. The highest BCUT2D eigenvalue weighted by molar-refractivity contribution is 8.19. The van der Waals surface area contributed by atoms with Crippen LogP contribution in [0.1, 0.15) is 12.0 Å². The fourth-order valence-electron chi connectivity index (χ4n) is 2.62. The highest BCUT2D eigenvalue weighted by atomic mass is 32.2. The number of hydrogen-bond acceptors (Lipinski definition) is 5. The second-order valence-electron chi connectivity index (χ2n) is 6.10. The molecule has 1 fully saturated rings. The molecule has 0 unspecified atom stereocenters. The molecular formula is C20H19FN2O4S2. The van der Waals surface area contributed by atoms with Crippen molar-refractivity contribution in [3.05, 3.63) is 70.9 Å². The minimum absolute atomic E-state index is 0.0314. The second kappa shape index (κ2) is 9.34. The van der Waals surface area contributed by atoms with Crippen molar-refractivity contribution in [3.63, 3.8) is 0 Å². The highest BCUT2D eigenvalue weighted by Crippen LogP contribution is 2.34. The van der Waals surface area contributed by atoms with Crippen LogP contribution in [0.4, 0.5) is 4.39 Å². The summed E-state index contributed by atoms with van der Waals surface area (Å²) in [5.74, 6) is -0.891. The first-order chi connectivity index (χ1) is 13.9. The zero-order valence-corrected chi connectivity index (χ0v) is 17.2. The molecular weight excluding hydrogens is 415 g/mol. The lowest BCUT2D eigenvalue weighted by Gasteiger charge is -2.15. The summed E-state index contributed by atoms with van der Waals surface area (Å²) in [5, 5.41) is 0.0394. The highest BCUT2D eigenvalue weighted by Gasteiger charge is 2.34. The minimum Gasteiger partial charge on any atom is -0.385 e. The van der Waals surface area contributed by atoms with Gasteiger partial charge in [0.15, 0.2) is 5.17 Å². The van der Waals surface area contributed by atoms with E-state index in [1.807, 2.05) is 0 Å². The van der Waals surface area contributed by atoms with Gasteiger partial charge in [-0.1, -0.05) is 36.4 Å². The number of rotatable bonds is 7. The van der Waals surface area contributed by atoms with Crippen LogP contribution in [0.15, 0.2) is 68.8 Å². The maximum Gasteiger partial charge on any atom is 0.284 e. The smallest absolute Gasteiger partial charge is 0.284 e. The van der Waals surface area contributed by atoms with Gasteiger partial charge in [0.25, 0.3) is 15.9 Å². The van der Waals surface area contributed by atoms with Crippen molar-refractivity contribution < 1.29 is 22.3 Å². The maximum atomic E-state index is 14.0. The summed E-state index contributed by atoms with van der Waals surface area (Å²) in [6.45, 7) is 0.636. The Morgan fingerprint density at radius 3 is 2.52 bits per heavy atom. The van der Waals surface area contributed by atoms with E-state index in [1.54, 1.807) is 43.5 Å². The number of amides is 1. The van der Waals surface area contributed by atoms with E-state index in [2.05, 4.69) is 4.40 Å². The molecule has 2 aromatic carbocycles. The number of sulfonamides is 1. The number of thioether (sulfide) groups is 1. The van der Waals surface area contributed by atoms with Crippen molar-refractivity contribution in [1.82, 2.24) is 4.90 Å². The van der Waals surface area contributed by atoms with Crippen molar-refractivity contribution in [1.29, 1.82) is 0 Å². The topological polar surface area (TPSA) is 76.0 Å². The molecule has 0 spiro atoms. The second-order valence-corrected chi connectivity index (χ2v) is 8.71. The third-order valence-electron chi connectivity index (χ3n) is 4.05. The molecule has 1 amide bonds. The number of nitrogens with zero attached hydrogens (tertiary/aromatic N) is 2. The van der Waals surface area contributed by atoms with Gasteiger partial charge in [0, 0.05) is 25.8 Å². The maximum absolute atomic E-state index is 14.0. The third kappa shape index (κ3) is 5.11. The Morgan fingerprint density at radius 2 is 1.83 bits per heavy atom. The molecule has 1 aliphatic rings. The molecule has 1 saturated heterocycles. The van der Waals surface area contributed by atoms with Gasteiger partial charge >= 0.3 is 0 Å². The first-order valence-electron chi connectivity index (χ1n) is 8.77. The molecule has 152 valence electrons. The monoisotopic (exact) mass is 434 g/mol. The SMILES string of the molecule is COCCCN1C(=O)/C(=C/c2ccccc2F)S/C1=N\S(=O)(=O)c1ccccc1. The third-order valence-corrected chi connectivity index (χ3v) is 6.45. The molecule has 0 aromatic heterocycles. The normalized spacial score (nSPS) is 17.4. The summed E-state index contributed by atoms with van der Waals surface area (Å²) in [5.41, 5.74) is 0.243. The molecule has 0 radical (unpaired) electrons. The van der Waals surface area contributed by atoms with E-state index in [1.165, 1.54) is 29.2 Å². The van der Waals surface area contributed by atoms with Crippen molar-refractivity contribution in [2.45, 2.75) is 11.3 Å². The molecule has 0 N–H and O–H groups in total. The molecule has 2 aromatic rings. The van der Waals surface area contributed by atoms with Crippen LogP contribution < -0.4 is 0 Å². The summed E-state index contributed by atoms with van der Waals surface area (Å²) < 4.78 is 48.2. The van der Waals surface area contributed by atoms with Crippen LogP contribution in [0.5, 0.6) is 0 Å². The molecule has 0 aliphatic carbocycles. The first-order valence-corrected chi connectivity index (χ1v) is 11.0. The van der Waals surface area contributed by atoms with Crippen molar-refractivity contribution in [2.75, 3.05) is 20.3 Å². The number of benzene rings is 2. The predicted octanol–water partition coefficient (Wildman–Crippen LogP) is 3.52. The number of amidine groups is 1. The Morgan fingerprint density at radius 1 is 1.14 bits per heavy atom. The summed E-state index contributed by atoms with van der Waals surface area (Å²) in [6.07, 6.45) is 1.91. The molecule has 1 aliphatic heterocycles. The van der Waals surface area contributed by atoms with Gasteiger partial charge in [-0.05, 0) is 42.5 Å². The summed E-state index contributed by atoms with van der Waals surface area (Å²) in [6, 6.07) is 13.8. The lowest BCUT2D eigenvalue weighted by atomic mass is 10.2. The van der Waals surface area contributed by atoms with Crippen molar-refractivity contribution in [2.24, 2.45) is 4.40 Å². The number of ether oxygens (including phenoxy) is 1. The van der Waals surface area contributed by atoms with E-state index in [0.29, 0.717) is 13.0 Å². The number of carbonyl (C=O) groups excluding carboxylic acids is 1. The summed E-state index contributed by atoms with van der Waals surface area (Å²) in [7, 11) is -2.45. The van der Waals surface area contributed by atoms with E-state index in [0.717, 1.165) is 11.8 Å². The minimum atomic E-state index is -3.99. The summed E-state index contributed by atoms with van der Waals surface area (Å²) >= 11 is 0.911. The lowest BCUT2D eigenvalue weighted by Crippen LogP contribution is -2.31. The van der Waals surface area contributed by atoms with Crippen LogP contribution in [0.2, 0.25) is 0 Å². The Labute approximate surface area is 173 Å². The fourth-order valence-corrected chi connectivity index (χ4v) is 4.84. The van der Waals surface area contributed by atoms with E-state index in [-0.39, 0.29) is 27.1 Å². The van der Waals surface area contributed by atoms with Gasteiger partial charge in [-0.3, -0.25) is 9.69 Å². The predicted molar refractivity (Wildman–Crippen MR) is 111 cm³/mol. The molecule has 29 heavy (non-hydrogen) atoms. The standard InChI is InChI=1S/C20H19FN2O4S2/c1-27-13-7-12-23-19(24)18(14-15-8-5-6-11-17(15)21)28-20(23)22-29(25,26)16-9-3-2-4-10-16/h2-6,8-11,14H,7,12-13H2,1H3/b18-14-,22-20-. The fraction of sp³-hybridized carbons (Fsp3) is 0.200. The molecule has 3 rings (SSSR count). The zero-order valence-electron chi connectivity index (χ0n) is 15.6. The van der Waals surface area contributed by atoms with E-state index in [4.69, 9.17) is 4.74 Å². The van der Waals surface area contributed by atoms with Crippen LogP contribution >= 0.6 is 11.8 Å². The van der Waals surface area contributed by atoms with Crippen LogP contribution in [0, 0.1) is 5.82 Å². The van der Waals surface area contributed by atoms with Gasteiger partial charge in [-0.25, -0.2) is 4.39 Å². The van der Waals surface area contributed by atoms with Crippen LogP contribution in [0.25, 0.3) is 6.08 Å². The first kappa shape index (κ1) is 21.2. The van der Waals surface area contributed by atoms with E-state index < -0.39 is 21.7 Å². The van der Waals surface area contributed by atoms with Gasteiger partial charge in [0.2, 0.25) is 0 Å².